The van der Waals surface area contributed by atoms with Crippen LogP contribution >= 0.6 is 0 Å². The second-order valence-electron chi connectivity index (χ2n) is 8.39. The van der Waals surface area contributed by atoms with Crippen molar-refractivity contribution in [1.29, 1.82) is 0 Å². The lowest BCUT2D eigenvalue weighted by Crippen LogP contribution is -2.56. The van der Waals surface area contributed by atoms with E-state index in [0.717, 1.165) is 6.20 Å². The quantitative estimate of drug-likeness (QED) is 0.346. The Morgan fingerprint density at radius 3 is 2.60 bits per heavy atom. The summed E-state index contributed by atoms with van der Waals surface area (Å²) >= 11 is 0. The van der Waals surface area contributed by atoms with E-state index in [2.05, 4.69) is 19.9 Å². The monoisotopic (exact) mass is 470 g/mol. The maximum Gasteiger partial charge on any atom is 0.295 e. The van der Waals surface area contributed by atoms with E-state index in [0.29, 0.717) is 40.9 Å². The van der Waals surface area contributed by atoms with Gasteiger partial charge >= 0.3 is 0 Å². The van der Waals surface area contributed by atoms with E-state index in [1.54, 1.807) is 23.1 Å². The Morgan fingerprint density at radius 2 is 1.86 bits per heavy atom. The minimum atomic E-state index is -0.650. The lowest BCUT2D eigenvalue weighted by atomic mass is 10.1. The summed E-state index contributed by atoms with van der Waals surface area (Å²) in [6.07, 6.45) is 5.61. The van der Waals surface area contributed by atoms with Crippen LogP contribution < -0.4 is 5.56 Å². The maximum atomic E-state index is 13.2. The Bertz CT molecular complexity index is 1490. The first-order valence-electron chi connectivity index (χ1n) is 11.1. The van der Waals surface area contributed by atoms with E-state index in [-0.39, 0.29) is 29.6 Å². The van der Waals surface area contributed by atoms with Crippen molar-refractivity contribution >= 4 is 28.5 Å². The Morgan fingerprint density at radius 1 is 1.06 bits per heavy atom. The average Bonchev–Trinajstić information content (AvgIpc) is 3.32. The van der Waals surface area contributed by atoms with Gasteiger partial charge in [-0.3, -0.25) is 29.1 Å². The second kappa shape index (κ2) is 8.98. The molecule has 4 aromatic rings. The van der Waals surface area contributed by atoms with Crippen LogP contribution in [0.2, 0.25) is 0 Å². The van der Waals surface area contributed by atoms with E-state index in [1.165, 1.54) is 23.5 Å². The van der Waals surface area contributed by atoms with Crippen LogP contribution in [-0.4, -0.2) is 73.0 Å². The molecule has 2 N–H and O–H groups in total. The molecule has 10 nitrogen and oxygen atoms in total. The zero-order valence-corrected chi connectivity index (χ0v) is 18.9. The summed E-state index contributed by atoms with van der Waals surface area (Å²) in [5.41, 5.74) is 1.75. The molecule has 0 aliphatic carbocycles. The number of ketones is 1. The molecule has 0 bridgehead atoms. The highest BCUT2D eigenvalue weighted by Gasteiger charge is 2.34. The zero-order chi connectivity index (χ0) is 24.5. The molecule has 1 atom stereocenters. The summed E-state index contributed by atoms with van der Waals surface area (Å²) in [6.45, 7) is 2.76. The van der Waals surface area contributed by atoms with Crippen LogP contribution in [-0.2, 0) is 4.79 Å². The van der Waals surface area contributed by atoms with Crippen LogP contribution in [0.25, 0.3) is 22.3 Å². The van der Waals surface area contributed by atoms with Crippen molar-refractivity contribution in [2.45, 2.75) is 13.0 Å². The van der Waals surface area contributed by atoms with E-state index >= 15 is 0 Å². The van der Waals surface area contributed by atoms with Gasteiger partial charge in [-0.05, 0) is 25.1 Å². The summed E-state index contributed by atoms with van der Waals surface area (Å²) in [7, 11) is 0. The highest BCUT2D eigenvalue weighted by molar-refractivity contribution is 6.45. The number of nitrogens with zero attached hydrogens (tertiary/aromatic N) is 4. The number of hydrogen-bond donors (Lipinski definition) is 2. The van der Waals surface area contributed by atoms with Gasteiger partial charge in [0.05, 0.1) is 29.2 Å². The fourth-order valence-corrected chi connectivity index (χ4v) is 4.40. The third-order valence-electron chi connectivity index (χ3n) is 6.15. The van der Waals surface area contributed by atoms with E-state index < -0.39 is 11.7 Å². The number of nitrogens with one attached hydrogen (secondary N) is 2. The van der Waals surface area contributed by atoms with Gasteiger partial charge < -0.3 is 19.8 Å². The smallest absolute Gasteiger partial charge is 0.295 e. The van der Waals surface area contributed by atoms with Gasteiger partial charge in [0, 0.05) is 49.0 Å². The minimum absolute atomic E-state index is 0.0963. The van der Waals surface area contributed by atoms with Crippen LogP contribution in [0.1, 0.15) is 27.6 Å². The van der Waals surface area contributed by atoms with Crippen LogP contribution in [0.4, 0.5) is 0 Å². The highest BCUT2D eigenvalue weighted by Crippen LogP contribution is 2.27. The molecule has 0 spiro atoms. The summed E-state index contributed by atoms with van der Waals surface area (Å²) in [5.74, 6) is -1.37. The predicted octanol–water partition coefficient (Wildman–Crippen LogP) is 1.87. The van der Waals surface area contributed by atoms with Gasteiger partial charge in [0.2, 0.25) is 0 Å². The van der Waals surface area contributed by atoms with Gasteiger partial charge in [-0.1, -0.05) is 18.2 Å². The van der Waals surface area contributed by atoms with Gasteiger partial charge in [-0.15, -0.1) is 0 Å². The molecule has 1 fully saturated rings. The first-order chi connectivity index (χ1) is 16.9. The molecule has 1 aliphatic rings. The fraction of sp³-hybridized carbons (Fsp3) is 0.200. The second-order valence-corrected chi connectivity index (χ2v) is 8.39. The van der Waals surface area contributed by atoms with Crippen LogP contribution in [0, 0.1) is 0 Å². The Labute approximate surface area is 199 Å². The third-order valence-corrected chi connectivity index (χ3v) is 6.15. The maximum absolute atomic E-state index is 13.2. The number of amides is 2. The normalized spacial score (nSPS) is 15.9. The van der Waals surface area contributed by atoms with Gasteiger partial charge in [-0.2, -0.15) is 0 Å². The van der Waals surface area contributed by atoms with Crippen molar-refractivity contribution in [3.8, 4) is 11.4 Å². The summed E-state index contributed by atoms with van der Waals surface area (Å²) < 4.78 is 0. The molecule has 176 valence electrons. The van der Waals surface area contributed by atoms with Crippen LogP contribution in [0.5, 0.6) is 0 Å². The van der Waals surface area contributed by atoms with Crippen molar-refractivity contribution < 1.29 is 14.4 Å². The third kappa shape index (κ3) is 4.10. The lowest BCUT2D eigenvalue weighted by molar-refractivity contribution is -0.130. The standard InChI is InChI=1S/C25H22N6O4/c1-15-14-30(24(34)16-5-3-2-4-6-16)9-10-31(15)25(35)23(33)18-11-28-21-17(18)7-8-27-22(21)19-12-26-13-20(32)29-19/h2-8,11-13,15,28H,9-10,14H2,1H3,(H,29,32)/t15-/m1/s1. The summed E-state index contributed by atoms with van der Waals surface area (Å²) in [4.78, 5) is 67.9. The molecule has 3 aromatic heterocycles. The first kappa shape index (κ1) is 22.2. The number of fused-ring (bicyclic) bond motifs is 1. The molecule has 0 unspecified atom stereocenters. The fourth-order valence-electron chi connectivity index (χ4n) is 4.40. The molecule has 10 heteroatoms. The number of rotatable bonds is 4. The number of aromatic amines is 2. The molecular formula is C25H22N6O4. The SMILES string of the molecule is C[C@@H]1CN(C(=O)c2ccccc2)CCN1C(=O)C(=O)c1c[nH]c2c(-c3cncc(=O)[nH]3)nccc12. The first-order valence-corrected chi connectivity index (χ1v) is 11.1. The number of hydrogen-bond acceptors (Lipinski definition) is 6. The molecule has 0 radical (unpaired) electrons. The van der Waals surface area contributed by atoms with Gasteiger partial charge in [0.25, 0.3) is 23.2 Å². The van der Waals surface area contributed by atoms with Crippen molar-refractivity contribution in [2.75, 3.05) is 19.6 Å². The Kier molecular flexibility index (Phi) is 5.69. The number of aromatic nitrogens is 4. The average molecular weight is 470 g/mol. The number of carbonyl (C=O) groups excluding carboxylic acids is 3. The van der Waals surface area contributed by atoms with Crippen molar-refractivity contribution in [1.82, 2.24) is 29.7 Å². The minimum Gasteiger partial charge on any atom is -0.359 e. The number of H-pyrrole nitrogens is 2. The number of pyridine rings is 1. The molecular weight excluding hydrogens is 448 g/mol. The Hall–Kier alpha value is -4.60. The number of Topliss-reactive ketones (excluding diaryl/α,β-unsaturated/α-hetero) is 1. The number of piperazine rings is 1. The summed E-state index contributed by atoms with van der Waals surface area (Å²) in [5, 5.41) is 0.517. The summed E-state index contributed by atoms with van der Waals surface area (Å²) in [6, 6.07) is 10.3. The topological polar surface area (TPSA) is 132 Å². The number of carbonyl (C=O) groups is 3. The van der Waals surface area contributed by atoms with E-state index in [1.807, 2.05) is 25.1 Å². The van der Waals surface area contributed by atoms with Crippen molar-refractivity contribution in [3.05, 3.63) is 82.7 Å². The van der Waals surface area contributed by atoms with Crippen molar-refractivity contribution in [3.63, 3.8) is 0 Å². The number of benzene rings is 1. The molecule has 5 rings (SSSR count). The molecule has 1 saturated heterocycles. The molecule has 2 amide bonds. The predicted molar refractivity (Wildman–Crippen MR) is 128 cm³/mol. The van der Waals surface area contributed by atoms with E-state index in [4.69, 9.17) is 0 Å². The lowest BCUT2D eigenvalue weighted by Gasteiger charge is -2.39. The molecule has 1 aliphatic heterocycles. The van der Waals surface area contributed by atoms with Gasteiger partial charge in [0.1, 0.15) is 5.69 Å². The molecule has 4 heterocycles. The highest BCUT2D eigenvalue weighted by atomic mass is 16.2. The van der Waals surface area contributed by atoms with Gasteiger partial charge in [0.15, 0.2) is 0 Å². The Balaban J connectivity index is 1.36. The van der Waals surface area contributed by atoms with Crippen molar-refractivity contribution in [2.24, 2.45) is 0 Å². The largest absolute Gasteiger partial charge is 0.359 e. The molecule has 1 aromatic carbocycles. The van der Waals surface area contributed by atoms with E-state index in [9.17, 15) is 19.2 Å². The van der Waals surface area contributed by atoms with Crippen LogP contribution in [0.3, 0.4) is 0 Å². The molecule has 0 saturated carbocycles. The zero-order valence-electron chi connectivity index (χ0n) is 18.9. The van der Waals surface area contributed by atoms with Gasteiger partial charge in [-0.25, -0.2) is 0 Å². The molecule has 35 heavy (non-hydrogen) atoms. The van der Waals surface area contributed by atoms with Crippen LogP contribution in [0.15, 0.2) is 66.0 Å².